The molecule has 0 radical (unpaired) electrons. The molecule has 8 heteroatoms. The molecule has 3 saturated carbocycles. The average Bonchev–Trinajstić information content (AvgIpc) is 3.52. The molecule has 43 heavy (non-hydrogen) atoms. The third kappa shape index (κ3) is 3.64. The van der Waals surface area contributed by atoms with Gasteiger partial charge in [0, 0.05) is 35.1 Å². The molecule has 3 aliphatic carbocycles. The zero-order valence-corrected chi connectivity index (χ0v) is 26.9. The fourth-order valence-electron chi connectivity index (χ4n) is 10.4. The van der Waals surface area contributed by atoms with E-state index in [4.69, 9.17) is 14.2 Å². The zero-order valence-electron chi connectivity index (χ0n) is 26.9. The molecule has 4 fully saturated rings. The van der Waals surface area contributed by atoms with E-state index in [1.165, 1.54) is 5.56 Å². The fourth-order valence-corrected chi connectivity index (χ4v) is 10.4. The maximum atomic E-state index is 14.0. The summed E-state index contributed by atoms with van der Waals surface area (Å²) in [4.78, 5) is 29.5. The summed E-state index contributed by atoms with van der Waals surface area (Å²) in [6.45, 7) is 12.4. The standard InChI is InChI=1S/C35H48N2O6/c1-19(2)15-24(37(7)8)30(39)41-27-17-20-16-22-21-11-9-10-12-23(21)36-28(22)33(20,6)32(5)13-14-34-26(35(27,32)40)18-25(38)29(42-34)31(3,4)43-34/h9-12,18-20,22,24,27-29,36,40H,13-17H2,1-8H3/t20-,22?,24+,27+,28?,29?,32-,33-,34+,35+/m1/s1. The quantitative estimate of drug-likeness (QED) is 0.470. The molecular weight excluding hydrogens is 544 g/mol. The lowest BCUT2D eigenvalue weighted by molar-refractivity contribution is -0.290. The van der Waals surface area contributed by atoms with Crippen LogP contribution in [0.5, 0.6) is 0 Å². The molecule has 3 heterocycles. The molecule has 1 aromatic rings. The average molecular weight is 593 g/mol. The van der Waals surface area contributed by atoms with Crippen LogP contribution in [0, 0.1) is 22.7 Å². The first kappa shape index (κ1) is 29.5. The van der Waals surface area contributed by atoms with Crippen molar-refractivity contribution in [2.24, 2.45) is 22.7 Å². The number of benzene rings is 1. The summed E-state index contributed by atoms with van der Waals surface area (Å²) < 4.78 is 19.6. The van der Waals surface area contributed by atoms with Crippen LogP contribution >= 0.6 is 0 Å². The first-order chi connectivity index (χ1) is 20.1. The number of rotatable bonds is 5. The van der Waals surface area contributed by atoms with Crippen molar-refractivity contribution in [3.8, 4) is 0 Å². The van der Waals surface area contributed by atoms with Crippen molar-refractivity contribution in [1.29, 1.82) is 0 Å². The van der Waals surface area contributed by atoms with Crippen molar-refractivity contribution in [1.82, 2.24) is 4.90 Å². The second-order valence-electron chi connectivity index (χ2n) is 15.8. The van der Waals surface area contributed by atoms with Crippen LogP contribution in [0.2, 0.25) is 0 Å². The van der Waals surface area contributed by atoms with Crippen molar-refractivity contribution in [2.75, 3.05) is 19.4 Å². The van der Waals surface area contributed by atoms with Gasteiger partial charge in [-0.1, -0.05) is 45.9 Å². The zero-order chi connectivity index (χ0) is 30.9. The van der Waals surface area contributed by atoms with Crippen LogP contribution in [0.4, 0.5) is 5.69 Å². The molecule has 1 aromatic carbocycles. The lowest BCUT2D eigenvalue weighted by Gasteiger charge is -2.68. The Bertz CT molecular complexity index is 1400. The van der Waals surface area contributed by atoms with Crippen molar-refractivity contribution >= 4 is 17.4 Å². The van der Waals surface area contributed by atoms with Gasteiger partial charge in [-0.3, -0.25) is 14.5 Å². The summed E-state index contributed by atoms with van der Waals surface area (Å²) in [7, 11) is 3.79. The normalized spacial score (nSPS) is 44.1. The molecule has 2 N–H and O–H groups in total. The molecule has 3 unspecified atom stereocenters. The third-order valence-electron chi connectivity index (χ3n) is 12.6. The van der Waals surface area contributed by atoms with Gasteiger partial charge in [-0.2, -0.15) is 0 Å². The Labute approximate surface area is 255 Å². The number of anilines is 1. The molecule has 8 nitrogen and oxygen atoms in total. The Hall–Kier alpha value is -2.26. The van der Waals surface area contributed by atoms with Gasteiger partial charge in [0.25, 0.3) is 0 Å². The highest BCUT2D eigenvalue weighted by molar-refractivity contribution is 5.97. The van der Waals surface area contributed by atoms with Crippen LogP contribution in [-0.2, 0) is 23.8 Å². The van der Waals surface area contributed by atoms with Gasteiger partial charge < -0.3 is 24.6 Å². The van der Waals surface area contributed by atoms with E-state index in [9.17, 15) is 14.7 Å². The number of nitrogens with one attached hydrogen (secondary N) is 1. The van der Waals surface area contributed by atoms with E-state index in [1.54, 1.807) is 6.08 Å². The molecule has 1 spiro atoms. The highest BCUT2D eigenvalue weighted by Crippen LogP contribution is 2.75. The minimum atomic E-state index is -1.67. The van der Waals surface area contributed by atoms with Gasteiger partial charge in [-0.15, -0.1) is 0 Å². The molecule has 234 valence electrons. The van der Waals surface area contributed by atoms with Crippen LogP contribution in [0.25, 0.3) is 0 Å². The predicted molar refractivity (Wildman–Crippen MR) is 162 cm³/mol. The third-order valence-corrected chi connectivity index (χ3v) is 12.6. The van der Waals surface area contributed by atoms with Crippen LogP contribution in [0.1, 0.15) is 85.1 Å². The molecule has 3 aliphatic heterocycles. The number of hydrogen-bond acceptors (Lipinski definition) is 8. The van der Waals surface area contributed by atoms with Gasteiger partial charge in [0.2, 0.25) is 0 Å². The number of para-hydroxylation sites is 1. The van der Waals surface area contributed by atoms with E-state index in [0.29, 0.717) is 37.2 Å². The minimum Gasteiger partial charge on any atom is -0.458 e. The fraction of sp³-hybridized carbons (Fsp3) is 0.714. The van der Waals surface area contributed by atoms with Gasteiger partial charge in [0.15, 0.2) is 17.7 Å². The van der Waals surface area contributed by atoms with Crippen LogP contribution in [0.3, 0.4) is 0 Å². The molecule has 1 saturated heterocycles. The number of hydrogen-bond donors (Lipinski definition) is 2. The molecule has 0 aromatic heterocycles. The Kier molecular flexibility index (Phi) is 6.27. The number of carbonyl (C=O) groups excluding carboxylic acids is 2. The van der Waals surface area contributed by atoms with Gasteiger partial charge >= 0.3 is 5.97 Å². The second kappa shape index (κ2) is 9.15. The van der Waals surface area contributed by atoms with Gasteiger partial charge in [-0.05, 0) is 88.6 Å². The summed E-state index contributed by atoms with van der Waals surface area (Å²) in [6, 6.07) is 8.18. The topological polar surface area (TPSA) is 97.3 Å². The van der Waals surface area contributed by atoms with E-state index < -0.39 is 40.7 Å². The van der Waals surface area contributed by atoms with Crippen molar-refractivity contribution in [2.45, 2.75) is 121 Å². The highest BCUT2D eigenvalue weighted by Gasteiger charge is 2.80. The Morgan fingerprint density at radius 1 is 1.14 bits per heavy atom. The highest BCUT2D eigenvalue weighted by atomic mass is 16.8. The van der Waals surface area contributed by atoms with E-state index in [2.05, 4.69) is 57.3 Å². The molecule has 2 bridgehead atoms. The summed E-state index contributed by atoms with van der Waals surface area (Å²) in [5.74, 6) is -0.995. The van der Waals surface area contributed by atoms with Crippen LogP contribution in [-0.4, -0.2) is 77.1 Å². The van der Waals surface area contributed by atoms with Crippen LogP contribution < -0.4 is 5.32 Å². The van der Waals surface area contributed by atoms with E-state index in [-0.39, 0.29) is 35.0 Å². The Morgan fingerprint density at radius 2 is 1.86 bits per heavy atom. The number of nitrogens with zero attached hydrogens (tertiary/aromatic N) is 1. The lowest BCUT2D eigenvalue weighted by atomic mass is 9.41. The number of carbonyl (C=O) groups is 2. The summed E-state index contributed by atoms with van der Waals surface area (Å²) in [5.41, 5.74) is -0.726. The van der Waals surface area contributed by atoms with E-state index >= 15 is 0 Å². The number of ether oxygens (including phenoxy) is 3. The number of esters is 1. The first-order valence-electron chi connectivity index (χ1n) is 16.2. The molecule has 10 atom stereocenters. The van der Waals surface area contributed by atoms with Gasteiger partial charge in [-0.25, -0.2) is 0 Å². The minimum absolute atomic E-state index is 0.0992. The summed E-state index contributed by atoms with van der Waals surface area (Å²) in [5, 5.41) is 17.4. The lowest BCUT2D eigenvalue weighted by Crippen LogP contribution is -2.75. The predicted octanol–water partition coefficient (Wildman–Crippen LogP) is 4.81. The second-order valence-corrected chi connectivity index (χ2v) is 15.8. The molecule has 7 rings (SSSR count). The largest absolute Gasteiger partial charge is 0.458 e. The van der Waals surface area contributed by atoms with Crippen LogP contribution in [0.15, 0.2) is 35.9 Å². The smallest absolute Gasteiger partial charge is 0.323 e. The van der Waals surface area contributed by atoms with E-state index in [1.807, 2.05) is 32.8 Å². The maximum Gasteiger partial charge on any atom is 0.323 e. The summed E-state index contributed by atoms with van der Waals surface area (Å²) in [6.07, 6.45) is 3.22. The van der Waals surface area contributed by atoms with Crippen molar-refractivity contribution < 1.29 is 28.9 Å². The number of likely N-dealkylation sites (N-methyl/N-ethyl adjacent to an activating group) is 1. The van der Waals surface area contributed by atoms with E-state index in [0.717, 1.165) is 12.1 Å². The van der Waals surface area contributed by atoms with Gasteiger partial charge in [0.05, 0.1) is 0 Å². The Morgan fingerprint density at radius 3 is 2.56 bits per heavy atom. The SMILES string of the molecule is CC(C)C[C@@H](C(=O)O[C@H]1C[C@H]2CC3c4ccccc4NC3[C@]2(C)[C@@]2(C)CC[C@@]34OC(C(=O)C=C3[C@]12O)C(C)(C)O4)N(C)C. The molecule has 0 amide bonds. The number of aliphatic hydroxyl groups is 1. The number of fused-ring (bicyclic) bond motifs is 9. The molecular formula is C35H48N2O6. The maximum absolute atomic E-state index is 14.0. The first-order valence-corrected chi connectivity index (χ1v) is 16.2. The van der Waals surface area contributed by atoms with Crippen molar-refractivity contribution in [3.63, 3.8) is 0 Å². The molecule has 6 aliphatic rings. The summed E-state index contributed by atoms with van der Waals surface area (Å²) >= 11 is 0. The Balaban J connectivity index is 1.37. The number of ketones is 1. The monoisotopic (exact) mass is 592 g/mol. The van der Waals surface area contributed by atoms with Gasteiger partial charge in [0.1, 0.15) is 23.3 Å². The van der Waals surface area contributed by atoms with Crippen molar-refractivity contribution in [3.05, 3.63) is 41.5 Å².